The Labute approximate surface area is 197 Å². The van der Waals surface area contributed by atoms with Crippen molar-refractivity contribution < 1.29 is 14.6 Å². The number of aromatic nitrogens is 4. The number of aromatic amines is 1. The number of aliphatic hydroxyl groups excluding tert-OH is 1. The van der Waals surface area contributed by atoms with Crippen LogP contribution in [0.1, 0.15) is 12.1 Å². The van der Waals surface area contributed by atoms with Gasteiger partial charge in [-0.15, -0.1) is 0 Å². The lowest BCUT2D eigenvalue weighted by atomic mass is 10.1. The summed E-state index contributed by atoms with van der Waals surface area (Å²) in [5.74, 6) is 1.00. The molecule has 9 heteroatoms. The smallest absolute Gasteiger partial charge is 0.248 e. The number of likely N-dealkylation sites (tertiary alicyclic amines) is 1. The normalized spacial score (nSPS) is 15.9. The third kappa shape index (κ3) is 4.75. The summed E-state index contributed by atoms with van der Waals surface area (Å²) < 4.78 is 5.94. The molecule has 5 rings (SSSR count). The van der Waals surface area contributed by atoms with Crippen molar-refractivity contribution in [1.82, 2.24) is 30.0 Å². The van der Waals surface area contributed by atoms with Crippen LogP contribution in [0.2, 0.25) is 0 Å². The first-order valence-corrected chi connectivity index (χ1v) is 11.2. The summed E-state index contributed by atoms with van der Waals surface area (Å²) in [4.78, 5) is 24.8. The van der Waals surface area contributed by atoms with Gasteiger partial charge in [-0.3, -0.25) is 19.8 Å². The largest absolute Gasteiger partial charge is 0.439 e. The van der Waals surface area contributed by atoms with Crippen LogP contribution in [-0.4, -0.2) is 73.8 Å². The molecule has 1 aliphatic heterocycles. The molecular weight excluding hydrogens is 432 g/mol. The van der Waals surface area contributed by atoms with E-state index in [1.165, 1.54) is 0 Å². The van der Waals surface area contributed by atoms with Crippen molar-refractivity contribution >= 4 is 16.8 Å². The summed E-state index contributed by atoms with van der Waals surface area (Å²) in [5.41, 5.74) is 3.70. The van der Waals surface area contributed by atoms with Crippen molar-refractivity contribution in [2.75, 3.05) is 26.7 Å². The Bertz CT molecular complexity index is 1280. The van der Waals surface area contributed by atoms with Gasteiger partial charge in [-0.2, -0.15) is 5.10 Å². The minimum atomic E-state index is -0.430. The van der Waals surface area contributed by atoms with Gasteiger partial charge in [0.05, 0.1) is 16.9 Å². The number of nitrogens with zero attached hydrogens (tertiary/aromatic N) is 5. The van der Waals surface area contributed by atoms with Crippen LogP contribution in [0.4, 0.5) is 0 Å². The maximum atomic E-state index is 11.7. The molecule has 0 spiro atoms. The number of amides is 1. The first-order chi connectivity index (χ1) is 16.6. The van der Waals surface area contributed by atoms with Crippen LogP contribution in [0.15, 0.2) is 60.9 Å². The second-order valence-corrected chi connectivity index (χ2v) is 8.47. The number of hydrogen-bond acceptors (Lipinski definition) is 7. The lowest BCUT2D eigenvalue weighted by Crippen LogP contribution is -2.37. The van der Waals surface area contributed by atoms with Crippen molar-refractivity contribution in [3.8, 4) is 22.9 Å². The molecule has 0 radical (unpaired) electrons. The van der Waals surface area contributed by atoms with Crippen LogP contribution in [-0.2, 0) is 11.3 Å². The maximum absolute atomic E-state index is 11.7. The average molecular weight is 459 g/mol. The monoisotopic (exact) mass is 458 g/mol. The van der Waals surface area contributed by atoms with Crippen molar-refractivity contribution in [3.05, 3.63) is 66.6 Å². The molecule has 1 atom stereocenters. The number of benzene rings is 1. The lowest BCUT2D eigenvalue weighted by molar-refractivity contribution is -0.133. The number of likely N-dealkylation sites (N-methyl/N-ethyl adjacent to an activating group) is 1. The first-order valence-electron chi connectivity index (χ1n) is 11.2. The zero-order valence-electron chi connectivity index (χ0n) is 18.9. The molecule has 0 unspecified atom stereocenters. The highest BCUT2D eigenvalue weighted by atomic mass is 16.5. The van der Waals surface area contributed by atoms with E-state index in [1.54, 1.807) is 17.3 Å². The molecule has 4 heterocycles. The number of carbonyl (C=O) groups is 1. The van der Waals surface area contributed by atoms with Gasteiger partial charge in [-0.1, -0.05) is 6.07 Å². The average Bonchev–Trinajstić information content (AvgIpc) is 3.57. The molecule has 1 fully saturated rings. The van der Waals surface area contributed by atoms with E-state index in [9.17, 15) is 4.79 Å². The van der Waals surface area contributed by atoms with E-state index in [4.69, 9.17) is 14.8 Å². The van der Waals surface area contributed by atoms with Crippen LogP contribution in [0.5, 0.6) is 11.6 Å². The highest BCUT2D eigenvalue weighted by Crippen LogP contribution is 2.26. The number of ether oxygens (including phenoxy) is 1. The summed E-state index contributed by atoms with van der Waals surface area (Å²) >= 11 is 0. The summed E-state index contributed by atoms with van der Waals surface area (Å²) in [6.07, 6.45) is 4.35. The highest BCUT2D eigenvalue weighted by molar-refractivity contribution is 5.80. The minimum absolute atomic E-state index is 0.207. The second kappa shape index (κ2) is 9.58. The quantitative estimate of drug-likeness (QED) is 0.438. The maximum Gasteiger partial charge on any atom is 0.248 e. The predicted molar refractivity (Wildman–Crippen MR) is 127 cm³/mol. The molecule has 174 valence electrons. The zero-order valence-corrected chi connectivity index (χ0v) is 18.9. The van der Waals surface area contributed by atoms with E-state index < -0.39 is 6.61 Å². The molecule has 34 heavy (non-hydrogen) atoms. The van der Waals surface area contributed by atoms with Gasteiger partial charge in [0.2, 0.25) is 11.8 Å². The molecule has 0 aliphatic carbocycles. The molecular formula is C25H26N6O3. The molecule has 1 amide bonds. The molecule has 2 N–H and O–H groups in total. The predicted octanol–water partition coefficient (Wildman–Crippen LogP) is 2.84. The van der Waals surface area contributed by atoms with E-state index in [0.29, 0.717) is 31.3 Å². The van der Waals surface area contributed by atoms with E-state index in [-0.39, 0.29) is 11.9 Å². The lowest BCUT2D eigenvalue weighted by Gasteiger charge is -2.24. The fraction of sp³-hybridized carbons (Fsp3) is 0.280. The van der Waals surface area contributed by atoms with Gasteiger partial charge < -0.3 is 14.7 Å². The molecule has 9 nitrogen and oxygen atoms in total. The number of pyridine rings is 2. The Balaban J connectivity index is 1.23. The van der Waals surface area contributed by atoms with Crippen molar-refractivity contribution in [2.24, 2.45) is 0 Å². The highest BCUT2D eigenvalue weighted by Gasteiger charge is 2.28. The Morgan fingerprint density at radius 3 is 2.91 bits per heavy atom. The van der Waals surface area contributed by atoms with E-state index in [0.717, 1.165) is 34.3 Å². The standard InChI is InChI=1S/C25H26N6O3/c1-30(20-9-11-31(15-20)25(33)16-32)14-19-4-2-17-12-21(5-6-22(17)28-19)34-24-7-3-18(13-26-24)23-8-10-27-29-23/h2-8,10,12-13,20,32H,9,11,14-16H2,1H3,(H,27,29)/t20-/m1/s1. The molecule has 1 saturated heterocycles. The van der Waals surface area contributed by atoms with Gasteiger partial charge in [0.25, 0.3) is 0 Å². The fourth-order valence-corrected chi connectivity index (χ4v) is 4.25. The van der Waals surface area contributed by atoms with Gasteiger partial charge in [0, 0.05) is 55.1 Å². The Morgan fingerprint density at radius 1 is 1.24 bits per heavy atom. The number of aliphatic hydroxyl groups is 1. The number of H-pyrrole nitrogens is 1. The Hall–Kier alpha value is -3.82. The Morgan fingerprint density at radius 2 is 2.15 bits per heavy atom. The number of nitrogens with one attached hydrogen (secondary N) is 1. The number of rotatable bonds is 7. The van der Waals surface area contributed by atoms with Crippen molar-refractivity contribution in [3.63, 3.8) is 0 Å². The van der Waals surface area contributed by atoms with Gasteiger partial charge >= 0.3 is 0 Å². The first kappa shape index (κ1) is 22.0. The van der Waals surface area contributed by atoms with Crippen LogP contribution in [0.25, 0.3) is 22.2 Å². The van der Waals surface area contributed by atoms with Gasteiger partial charge in [0.1, 0.15) is 12.4 Å². The Kier molecular flexibility index (Phi) is 6.20. The van der Waals surface area contributed by atoms with Crippen LogP contribution < -0.4 is 4.74 Å². The molecule has 1 aliphatic rings. The zero-order chi connectivity index (χ0) is 23.5. The summed E-state index contributed by atoms with van der Waals surface area (Å²) in [6.45, 7) is 1.58. The third-order valence-electron chi connectivity index (χ3n) is 6.17. The van der Waals surface area contributed by atoms with Gasteiger partial charge in [0.15, 0.2) is 0 Å². The van der Waals surface area contributed by atoms with Crippen molar-refractivity contribution in [1.29, 1.82) is 0 Å². The SMILES string of the molecule is CN(Cc1ccc2cc(Oc3ccc(-c4ccn[nH]4)cn3)ccc2n1)[C@@H]1CCN(C(=O)CO)C1. The summed E-state index contributed by atoms with van der Waals surface area (Å²) in [5, 5.41) is 16.9. The van der Waals surface area contributed by atoms with Gasteiger partial charge in [-0.05, 0) is 49.9 Å². The summed E-state index contributed by atoms with van der Waals surface area (Å²) in [7, 11) is 2.05. The fourth-order valence-electron chi connectivity index (χ4n) is 4.25. The van der Waals surface area contributed by atoms with Crippen molar-refractivity contribution in [2.45, 2.75) is 19.0 Å². The molecule has 0 saturated carbocycles. The number of hydrogen-bond donors (Lipinski definition) is 2. The molecule has 1 aromatic carbocycles. The minimum Gasteiger partial charge on any atom is -0.439 e. The third-order valence-corrected chi connectivity index (χ3v) is 6.17. The van der Waals surface area contributed by atoms with Crippen LogP contribution in [0.3, 0.4) is 0 Å². The van der Waals surface area contributed by atoms with E-state index >= 15 is 0 Å². The number of fused-ring (bicyclic) bond motifs is 1. The molecule has 0 bridgehead atoms. The molecule has 3 aromatic heterocycles. The summed E-state index contributed by atoms with van der Waals surface area (Å²) in [6, 6.07) is 15.8. The molecule has 4 aromatic rings. The second-order valence-electron chi connectivity index (χ2n) is 8.47. The van der Waals surface area contributed by atoms with E-state index in [2.05, 4.69) is 20.1 Å². The topological polar surface area (TPSA) is 107 Å². The van der Waals surface area contributed by atoms with E-state index in [1.807, 2.05) is 55.6 Å². The van der Waals surface area contributed by atoms with Crippen LogP contribution in [0, 0.1) is 0 Å². The van der Waals surface area contributed by atoms with Crippen LogP contribution >= 0.6 is 0 Å². The van der Waals surface area contributed by atoms with Gasteiger partial charge in [-0.25, -0.2) is 4.98 Å². The number of carbonyl (C=O) groups excluding carboxylic acids is 1.